The van der Waals surface area contributed by atoms with Gasteiger partial charge in [0.1, 0.15) is 17.5 Å². The molecule has 0 aliphatic carbocycles. The number of carbonyl (C=O) groups excluding carboxylic acids is 3. The van der Waals surface area contributed by atoms with Gasteiger partial charge in [0.25, 0.3) is 11.8 Å². The van der Waals surface area contributed by atoms with E-state index in [0.717, 1.165) is 16.2 Å². The molecule has 0 radical (unpaired) electrons. The normalized spacial score (nSPS) is 15.2. The van der Waals surface area contributed by atoms with Gasteiger partial charge in [-0.05, 0) is 79.6 Å². The number of imide groups is 1. The molecule has 1 fully saturated rings. The number of carbonyl (C=O) groups is 3. The smallest absolute Gasteiger partial charge is 0.257 e. The van der Waals surface area contributed by atoms with Crippen molar-refractivity contribution in [3.05, 3.63) is 88.9 Å². The Balaban J connectivity index is 1.59. The first-order chi connectivity index (χ1) is 17.4. The highest BCUT2D eigenvalue weighted by Gasteiger charge is 2.44. The third-order valence-electron chi connectivity index (χ3n) is 6.06. The molecule has 36 heavy (non-hydrogen) atoms. The molecule has 186 valence electrons. The molecule has 7 nitrogen and oxygen atoms in total. The Labute approximate surface area is 215 Å². The molecule has 3 aromatic carbocycles. The number of rotatable bonds is 9. The lowest BCUT2D eigenvalue weighted by Gasteiger charge is -2.28. The van der Waals surface area contributed by atoms with Crippen LogP contribution in [0.5, 0.6) is 11.5 Å². The van der Waals surface area contributed by atoms with Gasteiger partial charge in [-0.1, -0.05) is 23.7 Å². The van der Waals surface area contributed by atoms with Gasteiger partial charge in [0.15, 0.2) is 0 Å². The Bertz CT molecular complexity index is 1230. The van der Waals surface area contributed by atoms with Gasteiger partial charge in [-0.15, -0.1) is 0 Å². The van der Waals surface area contributed by atoms with Crippen molar-refractivity contribution in [3.8, 4) is 11.5 Å². The first kappa shape index (κ1) is 25.3. The maximum atomic E-state index is 13.5. The van der Waals surface area contributed by atoms with E-state index in [9.17, 15) is 14.4 Å². The zero-order chi connectivity index (χ0) is 25.7. The minimum absolute atomic E-state index is 0.0893. The number of ether oxygens (including phenoxy) is 2. The third kappa shape index (κ3) is 5.52. The maximum Gasteiger partial charge on any atom is 0.257 e. The van der Waals surface area contributed by atoms with E-state index in [1.165, 1.54) is 4.90 Å². The van der Waals surface area contributed by atoms with E-state index in [-0.39, 0.29) is 24.8 Å². The summed E-state index contributed by atoms with van der Waals surface area (Å²) in [5.41, 5.74) is 1.82. The molecule has 4 rings (SSSR count). The number of hydrogen-bond donors (Lipinski definition) is 0. The minimum atomic E-state index is -0.912. The molecule has 8 heteroatoms. The Morgan fingerprint density at radius 1 is 0.972 bits per heavy atom. The number of amides is 3. The van der Waals surface area contributed by atoms with Crippen LogP contribution >= 0.6 is 11.6 Å². The molecule has 0 aromatic heterocycles. The van der Waals surface area contributed by atoms with Gasteiger partial charge in [-0.2, -0.15) is 0 Å². The van der Waals surface area contributed by atoms with Crippen molar-refractivity contribution in [2.75, 3.05) is 25.2 Å². The molecule has 0 bridgehead atoms. The number of benzene rings is 3. The van der Waals surface area contributed by atoms with Crippen molar-refractivity contribution in [2.24, 2.45) is 0 Å². The van der Waals surface area contributed by atoms with Crippen LogP contribution in [0.25, 0.3) is 0 Å². The van der Waals surface area contributed by atoms with Gasteiger partial charge in [0.05, 0.1) is 25.8 Å². The van der Waals surface area contributed by atoms with Gasteiger partial charge >= 0.3 is 0 Å². The topological polar surface area (TPSA) is 76.2 Å². The molecule has 3 amide bonds. The van der Waals surface area contributed by atoms with Crippen molar-refractivity contribution >= 4 is 35.0 Å². The predicted octanol–water partition coefficient (Wildman–Crippen LogP) is 4.76. The van der Waals surface area contributed by atoms with Crippen LogP contribution in [0, 0.1) is 0 Å². The molecule has 0 saturated carbocycles. The lowest BCUT2D eigenvalue weighted by Crippen LogP contribution is -2.46. The number of methoxy groups -OCH3 is 1. The standard InChI is InChI=1S/C28H27ClN2O5/c1-3-36-24-14-10-22(11-15-24)31-26(32)18-25(28(31)34)30(27(33)20-6-8-21(29)9-7-20)17-16-19-4-12-23(35-2)13-5-19/h4-15,25H,3,16-18H2,1-2H3. The Hall–Kier alpha value is -3.84. The molecule has 3 aromatic rings. The largest absolute Gasteiger partial charge is 0.497 e. The molecule has 1 unspecified atom stereocenters. The fourth-order valence-corrected chi connectivity index (χ4v) is 4.31. The van der Waals surface area contributed by atoms with Crippen LogP contribution in [0.1, 0.15) is 29.3 Å². The van der Waals surface area contributed by atoms with E-state index < -0.39 is 11.9 Å². The first-order valence-electron chi connectivity index (χ1n) is 11.7. The summed E-state index contributed by atoms with van der Waals surface area (Å²) in [6.07, 6.45) is 0.415. The minimum Gasteiger partial charge on any atom is -0.497 e. The van der Waals surface area contributed by atoms with Crippen LogP contribution in [0.3, 0.4) is 0 Å². The molecule has 1 aliphatic heterocycles. The quantitative estimate of drug-likeness (QED) is 0.391. The summed E-state index contributed by atoms with van der Waals surface area (Å²) in [5, 5.41) is 0.505. The van der Waals surface area contributed by atoms with E-state index in [0.29, 0.717) is 35.1 Å². The van der Waals surface area contributed by atoms with Gasteiger partial charge in [0, 0.05) is 17.1 Å². The summed E-state index contributed by atoms with van der Waals surface area (Å²) in [4.78, 5) is 42.6. The maximum absolute atomic E-state index is 13.5. The third-order valence-corrected chi connectivity index (χ3v) is 6.31. The second-order valence-electron chi connectivity index (χ2n) is 8.32. The highest BCUT2D eigenvalue weighted by Crippen LogP contribution is 2.29. The van der Waals surface area contributed by atoms with Crippen molar-refractivity contribution < 1.29 is 23.9 Å². The monoisotopic (exact) mass is 506 g/mol. The van der Waals surface area contributed by atoms with Crippen molar-refractivity contribution in [1.82, 2.24) is 4.90 Å². The van der Waals surface area contributed by atoms with Gasteiger partial charge in [-0.3, -0.25) is 14.4 Å². The predicted molar refractivity (Wildman–Crippen MR) is 138 cm³/mol. The van der Waals surface area contributed by atoms with E-state index in [4.69, 9.17) is 21.1 Å². The van der Waals surface area contributed by atoms with Gasteiger partial charge in [-0.25, -0.2) is 4.90 Å². The second kappa shape index (κ2) is 11.3. The molecule has 0 N–H and O–H groups in total. The Morgan fingerprint density at radius 3 is 2.22 bits per heavy atom. The van der Waals surface area contributed by atoms with E-state index in [2.05, 4.69) is 0 Å². The molecule has 1 saturated heterocycles. The molecular formula is C28H27ClN2O5. The van der Waals surface area contributed by atoms with Crippen LogP contribution in [0.2, 0.25) is 5.02 Å². The average molecular weight is 507 g/mol. The summed E-state index contributed by atoms with van der Waals surface area (Å²) in [7, 11) is 1.60. The summed E-state index contributed by atoms with van der Waals surface area (Å²) in [5.74, 6) is 0.264. The molecule has 0 spiro atoms. The lowest BCUT2D eigenvalue weighted by atomic mass is 10.1. The fourth-order valence-electron chi connectivity index (χ4n) is 4.19. The van der Waals surface area contributed by atoms with E-state index in [1.807, 2.05) is 31.2 Å². The van der Waals surface area contributed by atoms with E-state index in [1.54, 1.807) is 55.6 Å². The van der Waals surface area contributed by atoms with E-state index >= 15 is 0 Å². The number of halogens is 1. The first-order valence-corrected chi connectivity index (χ1v) is 12.1. The van der Waals surface area contributed by atoms with Crippen LogP contribution < -0.4 is 14.4 Å². The Kier molecular flexibility index (Phi) is 7.90. The summed E-state index contributed by atoms with van der Waals surface area (Å²) >= 11 is 6.00. The van der Waals surface area contributed by atoms with Crippen molar-refractivity contribution in [1.29, 1.82) is 0 Å². The van der Waals surface area contributed by atoms with Crippen molar-refractivity contribution in [3.63, 3.8) is 0 Å². The highest BCUT2D eigenvalue weighted by atomic mass is 35.5. The molecule has 1 aliphatic rings. The van der Waals surface area contributed by atoms with Crippen LogP contribution in [-0.2, 0) is 16.0 Å². The fraction of sp³-hybridized carbons (Fsp3) is 0.250. The van der Waals surface area contributed by atoms with Crippen molar-refractivity contribution in [2.45, 2.75) is 25.8 Å². The number of nitrogens with zero attached hydrogens (tertiary/aromatic N) is 2. The molecular weight excluding hydrogens is 480 g/mol. The average Bonchev–Trinajstić information content (AvgIpc) is 3.19. The van der Waals surface area contributed by atoms with Crippen LogP contribution in [-0.4, -0.2) is 48.9 Å². The lowest BCUT2D eigenvalue weighted by molar-refractivity contribution is -0.122. The summed E-state index contributed by atoms with van der Waals surface area (Å²) in [6, 6.07) is 19.9. The number of hydrogen-bond acceptors (Lipinski definition) is 5. The second-order valence-corrected chi connectivity index (χ2v) is 8.75. The van der Waals surface area contributed by atoms with Crippen LogP contribution in [0.15, 0.2) is 72.8 Å². The van der Waals surface area contributed by atoms with Gasteiger partial charge < -0.3 is 14.4 Å². The zero-order valence-electron chi connectivity index (χ0n) is 20.1. The summed E-state index contributed by atoms with van der Waals surface area (Å²) in [6.45, 7) is 2.65. The highest BCUT2D eigenvalue weighted by molar-refractivity contribution is 6.30. The summed E-state index contributed by atoms with van der Waals surface area (Å²) < 4.78 is 10.7. The SMILES string of the molecule is CCOc1ccc(N2C(=O)CC(N(CCc3ccc(OC)cc3)C(=O)c3ccc(Cl)cc3)C2=O)cc1. The number of anilines is 1. The van der Waals surface area contributed by atoms with Crippen LogP contribution in [0.4, 0.5) is 5.69 Å². The molecule has 1 heterocycles. The van der Waals surface area contributed by atoms with Gasteiger partial charge in [0.2, 0.25) is 5.91 Å². The molecule has 1 atom stereocenters. The Morgan fingerprint density at radius 2 is 1.61 bits per heavy atom. The zero-order valence-corrected chi connectivity index (χ0v) is 20.9.